The molecule has 2 aromatic carbocycles. The second-order valence-electron chi connectivity index (χ2n) is 5.88. The molecule has 140 valence electrons. The van der Waals surface area contributed by atoms with Crippen molar-refractivity contribution in [1.82, 2.24) is 5.32 Å². The molecule has 0 radical (unpaired) electrons. The summed E-state index contributed by atoms with van der Waals surface area (Å²) in [7, 11) is -3.84. The first-order chi connectivity index (χ1) is 12.2. The van der Waals surface area contributed by atoms with Crippen molar-refractivity contribution in [2.24, 2.45) is 0 Å². The Morgan fingerprint density at radius 3 is 2.38 bits per heavy atom. The first-order valence-electron chi connectivity index (χ1n) is 7.95. The molecule has 0 saturated carbocycles. The molecule has 0 heterocycles. The van der Waals surface area contributed by atoms with E-state index in [9.17, 15) is 22.0 Å². The number of halogens is 2. The van der Waals surface area contributed by atoms with Gasteiger partial charge < -0.3 is 5.32 Å². The lowest BCUT2D eigenvalue weighted by Gasteiger charge is -2.23. The maximum atomic E-state index is 13.9. The fourth-order valence-electron chi connectivity index (χ4n) is 2.49. The van der Waals surface area contributed by atoms with Crippen molar-refractivity contribution >= 4 is 21.6 Å². The summed E-state index contributed by atoms with van der Waals surface area (Å²) in [5.41, 5.74) is 0.614. The molecule has 2 rings (SSSR count). The Bertz CT molecular complexity index is 873. The van der Waals surface area contributed by atoms with E-state index < -0.39 is 21.7 Å². The summed E-state index contributed by atoms with van der Waals surface area (Å²) in [6.45, 7) is 1.55. The summed E-state index contributed by atoms with van der Waals surface area (Å²) in [4.78, 5) is 12.1. The van der Waals surface area contributed by atoms with Crippen molar-refractivity contribution in [3.63, 3.8) is 0 Å². The van der Waals surface area contributed by atoms with Crippen LogP contribution in [0.4, 0.5) is 14.5 Å². The molecule has 2 aromatic rings. The van der Waals surface area contributed by atoms with Crippen LogP contribution in [-0.2, 0) is 14.8 Å². The summed E-state index contributed by atoms with van der Waals surface area (Å²) < 4.78 is 51.7. The minimum atomic E-state index is -3.84. The Morgan fingerprint density at radius 2 is 1.81 bits per heavy atom. The van der Waals surface area contributed by atoms with Crippen LogP contribution in [0, 0.1) is 11.6 Å². The van der Waals surface area contributed by atoms with Crippen LogP contribution in [0.3, 0.4) is 0 Å². The van der Waals surface area contributed by atoms with Gasteiger partial charge in [-0.05, 0) is 24.6 Å². The number of anilines is 1. The van der Waals surface area contributed by atoms with Gasteiger partial charge in [0.15, 0.2) is 0 Å². The molecular formula is C18H20F2N2O3S. The Kier molecular flexibility index (Phi) is 6.31. The van der Waals surface area contributed by atoms with Gasteiger partial charge in [0, 0.05) is 19.0 Å². The summed E-state index contributed by atoms with van der Waals surface area (Å²) in [5, 5.41) is 2.76. The molecule has 0 bridgehead atoms. The summed E-state index contributed by atoms with van der Waals surface area (Å²) >= 11 is 0. The molecule has 8 heteroatoms. The van der Waals surface area contributed by atoms with Crippen LogP contribution in [0.5, 0.6) is 0 Å². The molecule has 1 unspecified atom stereocenters. The summed E-state index contributed by atoms with van der Waals surface area (Å²) in [6.07, 6.45) is 0.737. The molecule has 0 aliphatic carbocycles. The smallest absolute Gasteiger partial charge is 0.232 e. The Labute approximate surface area is 151 Å². The second kappa shape index (κ2) is 8.27. The molecule has 1 atom stereocenters. The predicted molar refractivity (Wildman–Crippen MR) is 96.2 cm³/mol. The highest BCUT2D eigenvalue weighted by Crippen LogP contribution is 2.23. The predicted octanol–water partition coefficient (Wildman–Crippen LogP) is 3.00. The van der Waals surface area contributed by atoms with E-state index in [1.807, 2.05) is 30.3 Å². The maximum absolute atomic E-state index is 13.9. The highest BCUT2D eigenvalue weighted by Gasteiger charge is 2.22. The van der Waals surface area contributed by atoms with Crippen LogP contribution in [-0.4, -0.2) is 27.1 Å². The molecule has 26 heavy (non-hydrogen) atoms. The number of sulfonamides is 1. The Morgan fingerprint density at radius 1 is 1.15 bits per heavy atom. The van der Waals surface area contributed by atoms with Gasteiger partial charge in [-0.3, -0.25) is 9.10 Å². The average Bonchev–Trinajstić information content (AvgIpc) is 2.56. The third kappa shape index (κ3) is 5.26. The van der Waals surface area contributed by atoms with Gasteiger partial charge in [0.25, 0.3) is 0 Å². The van der Waals surface area contributed by atoms with E-state index in [2.05, 4.69) is 5.32 Å². The van der Waals surface area contributed by atoms with Crippen LogP contribution >= 0.6 is 0 Å². The number of carbonyl (C=O) groups is 1. The van der Waals surface area contributed by atoms with Crippen LogP contribution in [0.15, 0.2) is 48.5 Å². The van der Waals surface area contributed by atoms with Crippen LogP contribution < -0.4 is 9.62 Å². The van der Waals surface area contributed by atoms with Crippen molar-refractivity contribution in [3.8, 4) is 0 Å². The van der Waals surface area contributed by atoms with Gasteiger partial charge in [-0.15, -0.1) is 0 Å². The third-order valence-corrected chi connectivity index (χ3v) is 4.98. The molecule has 1 N–H and O–H groups in total. The Balaban J connectivity index is 2.07. The molecule has 0 saturated heterocycles. The van der Waals surface area contributed by atoms with Crippen molar-refractivity contribution in [2.75, 3.05) is 17.1 Å². The van der Waals surface area contributed by atoms with Crippen molar-refractivity contribution in [1.29, 1.82) is 0 Å². The number of amides is 1. The van der Waals surface area contributed by atoms with Crippen LogP contribution in [0.1, 0.15) is 24.9 Å². The highest BCUT2D eigenvalue weighted by molar-refractivity contribution is 7.92. The van der Waals surface area contributed by atoms with Crippen LogP contribution in [0.2, 0.25) is 0 Å². The topological polar surface area (TPSA) is 66.5 Å². The minimum absolute atomic E-state index is 0.166. The van der Waals surface area contributed by atoms with Gasteiger partial charge >= 0.3 is 0 Å². The molecule has 0 fully saturated rings. The fourth-order valence-corrected chi connectivity index (χ4v) is 3.42. The zero-order valence-corrected chi connectivity index (χ0v) is 15.3. The Hall–Kier alpha value is -2.48. The van der Waals surface area contributed by atoms with E-state index in [0.717, 1.165) is 28.3 Å². The standard InChI is InChI=1S/C18H20F2N2O3S/c1-13(14-6-4-3-5-7-14)21-18(23)10-11-22(26(2,24)25)17-9-8-15(19)12-16(17)20/h3-9,12-13H,10-11H2,1-2H3,(H,21,23). The van der Waals surface area contributed by atoms with Crippen LogP contribution in [0.25, 0.3) is 0 Å². The third-order valence-electron chi connectivity index (χ3n) is 3.80. The molecule has 1 amide bonds. The molecule has 0 spiro atoms. The van der Waals surface area contributed by atoms with Gasteiger partial charge in [-0.2, -0.15) is 0 Å². The number of rotatable bonds is 7. The number of hydrogen-bond acceptors (Lipinski definition) is 3. The van der Waals surface area contributed by atoms with Crippen molar-refractivity contribution in [3.05, 3.63) is 65.7 Å². The lowest BCUT2D eigenvalue weighted by molar-refractivity contribution is -0.121. The first kappa shape index (κ1) is 19.8. The number of nitrogens with zero attached hydrogens (tertiary/aromatic N) is 1. The largest absolute Gasteiger partial charge is 0.350 e. The van der Waals surface area contributed by atoms with Crippen molar-refractivity contribution in [2.45, 2.75) is 19.4 Å². The van der Waals surface area contributed by atoms with E-state index >= 15 is 0 Å². The van der Waals surface area contributed by atoms with E-state index in [1.54, 1.807) is 6.92 Å². The van der Waals surface area contributed by atoms with Gasteiger partial charge in [0.1, 0.15) is 11.6 Å². The summed E-state index contributed by atoms with van der Waals surface area (Å²) in [5.74, 6) is -2.19. The zero-order chi connectivity index (χ0) is 19.3. The summed E-state index contributed by atoms with van der Waals surface area (Å²) in [6, 6.07) is 11.6. The van der Waals surface area contributed by atoms with E-state index in [1.165, 1.54) is 0 Å². The number of hydrogen-bond donors (Lipinski definition) is 1. The van der Waals surface area contributed by atoms with Gasteiger partial charge in [-0.25, -0.2) is 17.2 Å². The molecule has 0 aromatic heterocycles. The lowest BCUT2D eigenvalue weighted by Crippen LogP contribution is -2.35. The highest BCUT2D eigenvalue weighted by atomic mass is 32.2. The zero-order valence-electron chi connectivity index (χ0n) is 14.4. The minimum Gasteiger partial charge on any atom is -0.350 e. The maximum Gasteiger partial charge on any atom is 0.232 e. The number of benzene rings is 2. The van der Waals surface area contributed by atoms with Crippen molar-refractivity contribution < 1.29 is 22.0 Å². The second-order valence-corrected chi connectivity index (χ2v) is 7.79. The molecule has 0 aliphatic heterocycles. The fraction of sp³-hybridized carbons (Fsp3) is 0.278. The monoisotopic (exact) mass is 382 g/mol. The van der Waals surface area contributed by atoms with Gasteiger partial charge in [-0.1, -0.05) is 30.3 Å². The lowest BCUT2D eigenvalue weighted by atomic mass is 10.1. The molecule has 5 nitrogen and oxygen atoms in total. The van der Waals surface area contributed by atoms with E-state index in [0.29, 0.717) is 6.07 Å². The van der Waals surface area contributed by atoms with E-state index in [-0.39, 0.29) is 30.6 Å². The quantitative estimate of drug-likeness (QED) is 0.801. The first-order valence-corrected chi connectivity index (χ1v) is 9.80. The normalized spacial score (nSPS) is 12.5. The van der Waals surface area contributed by atoms with Gasteiger partial charge in [0.2, 0.25) is 15.9 Å². The molecule has 0 aliphatic rings. The number of nitrogens with one attached hydrogen (secondary N) is 1. The molecular weight excluding hydrogens is 362 g/mol. The SMILES string of the molecule is CC(NC(=O)CCN(c1ccc(F)cc1F)S(C)(=O)=O)c1ccccc1. The number of carbonyl (C=O) groups excluding carboxylic acids is 1. The van der Waals surface area contributed by atoms with E-state index in [4.69, 9.17) is 0 Å². The average molecular weight is 382 g/mol. The van der Waals surface area contributed by atoms with Gasteiger partial charge in [0.05, 0.1) is 18.0 Å².